The number of rotatable bonds is 3. The first-order chi connectivity index (χ1) is 9.39. The van der Waals surface area contributed by atoms with Crippen molar-refractivity contribution in [1.29, 1.82) is 0 Å². The quantitative estimate of drug-likeness (QED) is 0.821. The summed E-state index contributed by atoms with van der Waals surface area (Å²) in [5, 5.41) is 0. The fourth-order valence-electron chi connectivity index (χ4n) is 1.88. The van der Waals surface area contributed by atoms with E-state index in [1.54, 1.807) is 19.2 Å². The molecule has 0 aliphatic rings. The average molecular weight is 282 g/mol. The van der Waals surface area contributed by atoms with Crippen LogP contribution in [0.3, 0.4) is 0 Å². The molecule has 0 amide bonds. The highest BCUT2D eigenvalue weighted by atomic mass is 19.4. The average Bonchev–Trinajstić information content (AvgIpc) is 2.38. The molecule has 20 heavy (non-hydrogen) atoms. The molecule has 106 valence electrons. The number of ether oxygens (including phenoxy) is 2. The normalized spacial score (nSPS) is 11.2. The van der Waals surface area contributed by atoms with E-state index in [-0.39, 0.29) is 5.75 Å². The third kappa shape index (κ3) is 3.44. The topological polar surface area (TPSA) is 18.5 Å². The summed E-state index contributed by atoms with van der Waals surface area (Å²) in [6.07, 6.45) is -4.68. The van der Waals surface area contributed by atoms with Gasteiger partial charge in [0, 0.05) is 5.56 Å². The zero-order valence-electron chi connectivity index (χ0n) is 11.0. The van der Waals surface area contributed by atoms with Crippen LogP contribution in [0.15, 0.2) is 42.5 Å². The first-order valence-electron chi connectivity index (χ1n) is 5.90. The number of halogens is 3. The fraction of sp³-hybridized carbons (Fsp3) is 0.200. The van der Waals surface area contributed by atoms with Crippen molar-refractivity contribution in [3.05, 3.63) is 48.0 Å². The minimum Gasteiger partial charge on any atom is -0.496 e. The van der Waals surface area contributed by atoms with Crippen molar-refractivity contribution in [2.24, 2.45) is 0 Å². The van der Waals surface area contributed by atoms with Crippen molar-refractivity contribution in [3.63, 3.8) is 0 Å². The Morgan fingerprint density at radius 2 is 1.60 bits per heavy atom. The minimum atomic E-state index is -4.68. The molecule has 0 radical (unpaired) electrons. The van der Waals surface area contributed by atoms with Gasteiger partial charge in [-0.15, -0.1) is 13.2 Å². The summed E-state index contributed by atoms with van der Waals surface area (Å²) >= 11 is 0. The van der Waals surface area contributed by atoms with Gasteiger partial charge in [0.25, 0.3) is 0 Å². The van der Waals surface area contributed by atoms with Gasteiger partial charge in [-0.25, -0.2) is 0 Å². The van der Waals surface area contributed by atoms with Crippen LogP contribution in [0.2, 0.25) is 0 Å². The summed E-state index contributed by atoms with van der Waals surface area (Å²) in [5.41, 5.74) is 2.63. The van der Waals surface area contributed by atoms with E-state index in [2.05, 4.69) is 4.74 Å². The Kier molecular flexibility index (Phi) is 3.88. The maximum absolute atomic E-state index is 12.1. The number of alkyl halides is 3. The van der Waals surface area contributed by atoms with Crippen molar-refractivity contribution in [2.45, 2.75) is 13.3 Å². The van der Waals surface area contributed by atoms with Crippen LogP contribution in [-0.4, -0.2) is 13.5 Å². The predicted octanol–water partition coefficient (Wildman–Crippen LogP) is 4.57. The molecule has 0 saturated heterocycles. The van der Waals surface area contributed by atoms with E-state index in [1.165, 1.54) is 12.1 Å². The third-order valence-corrected chi connectivity index (χ3v) is 2.75. The Morgan fingerprint density at radius 1 is 0.950 bits per heavy atom. The van der Waals surface area contributed by atoms with Gasteiger partial charge in [-0.05, 0) is 36.8 Å². The van der Waals surface area contributed by atoms with Crippen molar-refractivity contribution >= 4 is 0 Å². The largest absolute Gasteiger partial charge is 0.573 e. The Bertz CT molecular complexity index is 589. The van der Waals surface area contributed by atoms with Gasteiger partial charge in [-0.2, -0.15) is 0 Å². The Hall–Kier alpha value is -2.17. The van der Waals surface area contributed by atoms with Gasteiger partial charge in [0.2, 0.25) is 0 Å². The van der Waals surface area contributed by atoms with Gasteiger partial charge < -0.3 is 9.47 Å². The summed E-state index contributed by atoms with van der Waals surface area (Å²) in [6.45, 7) is 1.93. The number of hydrogen-bond acceptors (Lipinski definition) is 2. The van der Waals surface area contributed by atoms with E-state index >= 15 is 0 Å². The molecular formula is C15H13F3O2. The van der Waals surface area contributed by atoms with E-state index in [1.807, 2.05) is 25.1 Å². The monoisotopic (exact) mass is 282 g/mol. The smallest absolute Gasteiger partial charge is 0.496 e. The Labute approximate surface area is 114 Å². The number of methoxy groups -OCH3 is 1. The molecule has 0 atom stereocenters. The van der Waals surface area contributed by atoms with Gasteiger partial charge in [0.15, 0.2) is 0 Å². The Morgan fingerprint density at radius 3 is 2.15 bits per heavy atom. The molecule has 0 N–H and O–H groups in total. The highest BCUT2D eigenvalue weighted by Gasteiger charge is 2.30. The summed E-state index contributed by atoms with van der Waals surface area (Å²) in [4.78, 5) is 0. The van der Waals surface area contributed by atoms with Crippen molar-refractivity contribution in [2.75, 3.05) is 7.11 Å². The molecule has 0 fully saturated rings. The molecule has 0 aliphatic carbocycles. The lowest BCUT2D eigenvalue weighted by Crippen LogP contribution is -2.16. The first-order valence-corrected chi connectivity index (χ1v) is 5.90. The zero-order valence-corrected chi connectivity index (χ0v) is 11.0. The molecular weight excluding hydrogens is 269 g/mol. The van der Waals surface area contributed by atoms with Crippen LogP contribution in [-0.2, 0) is 0 Å². The summed E-state index contributed by atoms with van der Waals surface area (Å²) in [7, 11) is 1.55. The fourth-order valence-corrected chi connectivity index (χ4v) is 1.88. The number of hydrogen-bond donors (Lipinski definition) is 0. The lowest BCUT2D eigenvalue weighted by Gasteiger charge is -2.12. The van der Waals surface area contributed by atoms with Gasteiger partial charge in [-0.1, -0.05) is 23.8 Å². The molecule has 2 nitrogen and oxygen atoms in total. The standard InChI is InChI=1S/C15H13F3O2/c1-10-3-8-14(19-2)13(9-10)11-4-6-12(7-5-11)20-15(16,17)18/h3-9H,1-2H3. The second-order valence-corrected chi connectivity index (χ2v) is 4.28. The SMILES string of the molecule is COc1ccc(C)cc1-c1ccc(OC(F)(F)F)cc1. The zero-order chi connectivity index (χ0) is 14.8. The van der Waals surface area contributed by atoms with Crippen molar-refractivity contribution in [1.82, 2.24) is 0 Å². The van der Waals surface area contributed by atoms with E-state index in [0.29, 0.717) is 5.75 Å². The first kappa shape index (κ1) is 14.2. The maximum Gasteiger partial charge on any atom is 0.573 e. The van der Waals surface area contributed by atoms with Crippen molar-refractivity contribution in [3.8, 4) is 22.6 Å². The molecule has 2 rings (SSSR count). The lowest BCUT2D eigenvalue weighted by molar-refractivity contribution is -0.274. The van der Waals surface area contributed by atoms with Crippen LogP contribution in [0.4, 0.5) is 13.2 Å². The molecule has 5 heteroatoms. The van der Waals surface area contributed by atoms with Crippen LogP contribution >= 0.6 is 0 Å². The molecule has 0 unspecified atom stereocenters. The van der Waals surface area contributed by atoms with E-state index in [9.17, 15) is 13.2 Å². The minimum absolute atomic E-state index is 0.243. The van der Waals surface area contributed by atoms with Crippen LogP contribution in [0.1, 0.15) is 5.56 Å². The third-order valence-electron chi connectivity index (χ3n) is 2.75. The number of aryl methyl sites for hydroxylation is 1. The molecule has 2 aromatic rings. The molecule has 0 aliphatic heterocycles. The number of benzene rings is 2. The van der Waals surface area contributed by atoms with Gasteiger partial charge in [-0.3, -0.25) is 0 Å². The molecule has 0 aromatic heterocycles. The van der Waals surface area contributed by atoms with Gasteiger partial charge in [0.05, 0.1) is 7.11 Å². The van der Waals surface area contributed by atoms with Crippen LogP contribution < -0.4 is 9.47 Å². The molecule has 0 saturated carbocycles. The molecule has 0 spiro atoms. The second-order valence-electron chi connectivity index (χ2n) is 4.28. The van der Waals surface area contributed by atoms with Crippen molar-refractivity contribution < 1.29 is 22.6 Å². The Balaban J connectivity index is 2.33. The summed E-state index contributed by atoms with van der Waals surface area (Å²) < 4.78 is 45.4. The summed E-state index contributed by atoms with van der Waals surface area (Å²) in [5.74, 6) is 0.424. The summed E-state index contributed by atoms with van der Waals surface area (Å²) in [6, 6.07) is 11.3. The lowest BCUT2D eigenvalue weighted by atomic mass is 10.0. The highest BCUT2D eigenvalue weighted by molar-refractivity contribution is 5.71. The molecule has 0 bridgehead atoms. The van der Waals surface area contributed by atoms with Crippen LogP contribution in [0, 0.1) is 6.92 Å². The predicted molar refractivity (Wildman–Crippen MR) is 69.9 cm³/mol. The second kappa shape index (κ2) is 5.45. The van der Waals surface area contributed by atoms with Crippen LogP contribution in [0.25, 0.3) is 11.1 Å². The highest BCUT2D eigenvalue weighted by Crippen LogP contribution is 2.32. The maximum atomic E-state index is 12.1. The van der Waals surface area contributed by atoms with Crippen LogP contribution in [0.5, 0.6) is 11.5 Å². The molecule has 2 aromatic carbocycles. The van der Waals surface area contributed by atoms with Gasteiger partial charge >= 0.3 is 6.36 Å². The van der Waals surface area contributed by atoms with E-state index < -0.39 is 6.36 Å². The van der Waals surface area contributed by atoms with E-state index in [0.717, 1.165) is 16.7 Å². The van der Waals surface area contributed by atoms with Gasteiger partial charge in [0.1, 0.15) is 11.5 Å². The van der Waals surface area contributed by atoms with E-state index in [4.69, 9.17) is 4.74 Å². The molecule has 0 heterocycles.